The Morgan fingerprint density at radius 2 is 2.21 bits per heavy atom. The SMILES string of the molecule is Cc1ccc(C)c(N2N=C(C(=O)NCC3CCCO3)CCC2=O)c1. The van der Waals surface area contributed by atoms with Crippen molar-refractivity contribution in [3.05, 3.63) is 29.3 Å². The monoisotopic (exact) mass is 329 g/mol. The van der Waals surface area contributed by atoms with E-state index in [1.165, 1.54) is 5.01 Å². The first-order valence-corrected chi connectivity index (χ1v) is 8.42. The Balaban J connectivity index is 1.74. The highest BCUT2D eigenvalue weighted by Gasteiger charge is 2.27. The van der Waals surface area contributed by atoms with Crippen LogP contribution in [0.5, 0.6) is 0 Å². The van der Waals surface area contributed by atoms with Crippen LogP contribution in [0.25, 0.3) is 0 Å². The van der Waals surface area contributed by atoms with Crippen LogP contribution in [0.2, 0.25) is 0 Å². The van der Waals surface area contributed by atoms with Gasteiger partial charge in [0, 0.05) is 26.0 Å². The van der Waals surface area contributed by atoms with Crippen molar-refractivity contribution in [2.45, 2.75) is 45.6 Å². The minimum atomic E-state index is -0.215. The topological polar surface area (TPSA) is 71.0 Å². The zero-order chi connectivity index (χ0) is 17.1. The van der Waals surface area contributed by atoms with Crippen molar-refractivity contribution in [1.29, 1.82) is 0 Å². The normalized spacial score (nSPS) is 20.9. The first-order valence-electron chi connectivity index (χ1n) is 8.42. The molecule has 0 aromatic heterocycles. The van der Waals surface area contributed by atoms with Crippen LogP contribution in [0, 0.1) is 13.8 Å². The summed E-state index contributed by atoms with van der Waals surface area (Å²) in [7, 11) is 0. The number of amides is 2. The molecule has 24 heavy (non-hydrogen) atoms. The molecule has 1 N–H and O–H groups in total. The maximum absolute atomic E-state index is 12.4. The lowest BCUT2D eigenvalue weighted by molar-refractivity contribution is -0.119. The van der Waals surface area contributed by atoms with Gasteiger partial charge in [-0.15, -0.1) is 0 Å². The molecular formula is C18H23N3O3. The number of hydrazone groups is 1. The molecule has 1 fully saturated rings. The number of hydrogen-bond acceptors (Lipinski definition) is 4. The second-order valence-corrected chi connectivity index (χ2v) is 6.39. The fourth-order valence-electron chi connectivity index (χ4n) is 2.97. The Hall–Kier alpha value is -2.21. The van der Waals surface area contributed by atoms with Gasteiger partial charge in [0.05, 0.1) is 11.8 Å². The van der Waals surface area contributed by atoms with Gasteiger partial charge in [0.1, 0.15) is 5.71 Å². The van der Waals surface area contributed by atoms with E-state index in [0.717, 1.165) is 36.3 Å². The van der Waals surface area contributed by atoms with Crippen LogP contribution in [-0.4, -0.2) is 36.8 Å². The molecule has 0 bridgehead atoms. The Labute approximate surface area is 141 Å². The van der Waals surface area contributed by atoms with E-state index in [2.05, 4.69) is 10.4 Å². The maximum atomic E-state index is 12.4. The number of ether oxygens (including phenoxy) is 1. The second-order valence-electron chi connectivity index (χ2n) is 6.39. The lowest BCUT2D eigenvalue weighted by Crippen LogP contribution is -2.41. The number of carbonyl (C=O) groups excluding carboxylic acids is 2. The van der Waals surface area contributed by atoms with Gasteiger partial charge in [-0.3, -0.25) is 9.59 Å². The molecule has 1 atom stereocenters. The van der Waals surface area contributed by atoms with Crippen molar-refractivity contribution in [1.82, 2.24) is 5.32 Å². The van der Waals surface area contributed by atoms with Crippen LogP contribution in [0.4, 0.5) is 5.69 Å². The molecule has 2 heterocycles. The Morgan fingerprint density at radius 1 is 1.38 bits per heavy atom. The van der Waals surface area contributed by atoms with Crippen molar-refractivity contribution in [2.75, 3.05) is 18.2 Å². The van der Waals surface area contributed by atoms with E-state index in [9.17, 15) is 9.59 Å². The molecule has 3 rings (SSSR count). The van der Waals surface area contributed by atoms with Crippen LogP contribution < -0.4 is 10.3 Å². The summed E-state index contributed by atoms with van der Waals surface area (Å²) in [6, 6.07) is 5.87. The number of benzene rings is 1. The molecule has 1 saturated heterocycles. The van der Waals surface area contributed by atoms with Gasteiger partial charge >= 0.3 is 0 Å². The second kappa shape index (κ2) is 7.13. The third-order valence-corrected chi connectivity index (χ3v) is 4.40. The predicted molar refractivity (Wildman–Crippen MR) is 92.1 cm³/mol. The van der Waals surface area contributed by atoms with Crippen LogP contribution in [0.3, 0.4) is 0 Å². The molecule has 2 amide bonds. The molecule has 1 unspecified atom stereocenters. The third-order valence-electron chi connectivity index (χ3n) is 4.40. The summed E-state index contributed by atoms with van der Waals surface area (Å²) < 4.78 is 5.51. The summed E-state index contributed by atoms with van der Waals surface area (Å²) in [5.41, 5.74) is 3.14. The summed E-state index contributed by atoms with van der Waals surface area (Å²) in [4.78, 5) is 24.6. The highest BCUT2D eigenvalue weighted by Crippen LogP contribution is 2.25. The Bertz CT molecular complexity index is 678. The fourth-order valence-corrected chi connectivity index (χ4v) is 2.97. The highest BCUT2D eigenvalue weighted by atomic mass is 16.5. The zero-order valence-electron chi connectivity index (χ0n) is 14.2. The van der Waals surface area contributed by atoms with Crippen molar-refractivity contribution >= 4 is 23.2 Å². The molecule has 1 aromatic carbocycles. The highest BCUT2D eigenvalue weighted by molar-refractivity contribution is 6.40. The fraction of sp³-hybridized carbons (Fsp3) is 0.500. The van der Waals surface area contributed by atoms with Crippen LogP contribution in [-0.2, 0) is 14.3 Å². The minimum Gasteiger partial charge on any atom is -0.376 e. The van der Waals surface area contributed by atoms with Crippen LogP contribution in [0.15, 0.2) is 23.3 Å². The molecule has 6 nitrogen and oxygen atoms in total. The van der Waals surface area contributed by atoms with Gasteiger partial charge in [-0.2, -0.15) is 5.10 Å². The van der Waals surface area contributed by atoms with E-state index in [4.69, 9.17) is 4.74 Å². The van der Waals surface area contributed by atoms with E-state index < -0.39 is 0 Å². The van der Waals surface area contributed by atoms with Gasteiger partial charge in [-0.25, -0.2) is 5.01 Å². The quantitative estimate of drug-likeness (QED) is 0.919. The molecular weight excluding hydrogens is 306 g/mol. The molecule has 6 heteroatoms. The van der Waals surface area contributed by atoms with Gasteiger partial charge in [0.15, 0.2) is 0 Å². The average molecular weight is 329 g/mol. The van der Waals surface area contributed by atoms with Crippen molar-refractivity contribution in [2.24, 2.45) is 5.10 Å². The van der Waals surface area contributed by atoms with Crippen LogP contribution in [0.1, 0.15) is 36.8 Å². The molecule has 0 spiro atoms. The summed E-state index contributed by atoms with van der Waals surface area (Å²) in [6.45, 7) is 5.16. The molecule has 0 saturated carbocycles. The first kappa shape index (κ1) is 16.6. The summed E-state index contributed by atoms with van der Waals surface area (Å²) in [5.74, 6) is -0.298. The van der Waals surface area contributed by atoms with E-state index in [0.29, 0.717) is 25.1 Å². The van der Waals surface area contributed by atoms with Gasteiger partial charge in [-0.1, -0.05) is 12.1 Å². The van der Waals surface area contributed by atoms with Crippen molar-refractivity contribution in [3.63, 3.8) is 0 Å². The number of anilines is 1. The van der Waals surface area contributed by atoms with Gasteiger partial charge < -0.3 is 10.1 Å². The van der Waals surface area contributed by atoms with Crippen molar-refractivity contribution in [3.8, 4) is 0 Å². The third kappa shape index (κ3) is 3.64. The van der Waals surface area contributed by atoms with Crippen LogP contribution >= 0.6 is 0 Å². The number of nitrogens with one attached hydrogen (secondary N) is 1. The summed E-state index contributed by atoms with van der Waals surface area (Å²) >= 11 is 0. The zero-order valence-corrected chi connectivity index (χ0v) is 14.2. The minimum absolute atomic E-state index is 0.0839. The largest absolute Gasteiger partial charge is 0.376 e. The van der Waals surface area contributed by atoms with E-state index >= 15 is 0 Å². The average Bonchev–Trinajstić information content (AvgIpc) is 3.09. The molecule has 0 radical (unpaired) electrons. The van der Waals surface area contributed by atoms with Gasteiger partial charge in [0.25, 0.3) is 5.91 Å². The van der Waals surface area contributed by atoms with Gasteiger partial charge in [-0.05, 0) is 43.9 Å². The number of hydrogen-bond donors (Lipinski definition) is 1. The van der Waals surface area contributed by atoms with E-state index in [1.54, 1.807) is 0 Å². The van der Waals surface area contributed by atoms with E-state index in [-0.39, 0.29) is 17.9 Å². The molecule has 0 aliphatic carbocycles. The molecule has 2 aliphatic heterocycles. The smallest absolute Gasteiger partial charge is 0.267 e. The standard InChI is InChI=1S/C18H23N3O3/c1-12-5-6-13(2)16(10-12)21-17(22)8-7-15(20-21)18(23)19-11-14-4-3-9-24-14/h5-6,10,14H,3-4,7-9,11H2,1-2H3,(H,19,23). The first-order chi connectivity index (χ1) is 11.5. The van der Waals surface area contributed by atoms with E-state index in [1.807, 2.05) is 32.0 Å². The maximum Gasteiger partial charge on any atom is 0.267 e. The number of carbonyl (C=O) groups is 2. The number of nitrogens with zero attached hydrogens (tertiary/aromatic N) is 2. The molecule has 128 valence electrons. The van der Waals surface area contributed by atoms with Gasteiger partial charge in [0.2, 0.25) is 5.91 Å². The molecule has 2 aliphatic rings. The Morgan fingerprint density at radius 3 is 2.96 bits per heavy atom. The lowest BCUT2D eigenvalue weighted by atomic mass is 10.1. The summed E-state index contributed by atoms with van der Waals surface area (Å²) in [5, 5.41) is 8.57. The number of aryl methyl sites for hydroxylation is 2. The summed E-state index contributed by atoms with van der Waals surface area (Å²) in [6.07, 6.45) is 2.77. The Kier molecular flexibility index (Phi) is 4.94. The van der Waals surface area contributed by atoms with Crippen molar-refractivity contribution < 1.29 is 14.3 Å². The number of rotatable bonds is 4. The molecule has 1 aromatic rings. The predicted octanol–water partition coefficient (Wildman–Crippen LogP) is 2.08. The lowest BCUT2D eigenvalue weighted by Gasteiger charge is -2.25.